The van der Waals surface area contributed by atoms with Crippen LogP contribution in [0, 0.1) is 5.82 Å². The van der Waals surface area contributed by atoms with Gasteiger partial charge in [0.15, 0.2) is 5.89 Å². The summed E-state index contributed by atoms with van der Waals surface area (Å²) < 4.78 is 22.5. The number of aromatic nitrogens is 3. The molecule has 1 atom stereocenters. The van der Waals surface area contributed by atoms with Gasteiger partial charge < -0.3 is 9.32 Å². The van der Waals surface area contributed by atoms with Crippen LogP contribution in [0.4, 0.5) is 4.39 Å². The van der Waals surface area contributed by atoms with Crippen molar-refractivity contribution in [1.29, 1.82) is 0 Å². The number of halogens is 1. The Balaban J connectivity index is 1.29. The molecule has 0 aliphatic carbocycles. The van der Waals surface area contributed by atoms with Crippen molar-refractivity contribution in [3.63, 3.8) is 0 Å². The third-order valence-corrected chi connectivity index (χ3v) is 6.31. The number of piperidine rings is 1. The van der Waals surface area contributed by atoms with Crippen LogP contribution in [-0.4, -0.2) is 38.0 Å². The van der Waals surface area contributed by atoms with E-state index in [1.807, 2.05) is 30.3 Å². The van der Waals surface area contributed by atoms with Gasteiger partial charge in [-0.1, -0.05) is 24.3 Å². The zero-order valence-electron chi connectivity index (χ0n) is 18.4. The summed E-state index contributed by atoms with van der Waals surface area (Å²) in [5.41, 5.74) is 2.17. The van der Waals surface area contributed by atoms with Crippen molar-refractivity contribution in [2.75, 3.05) is 13.1 Å². The van der Waals surface area contributed by atoms with E-state index in [2.05, 4.69) is 4.98 Å². The highest BCUT2D eigenvalue weighted by Gasteiger charge is 2.28. The first-order chi connectivity index (χ1) is 16.0. The van der Waals surface area contributed by atoms with Crippen LogP contribution in [0.2, 0.25) is 0 Å². The highest BCUT2D eigenvalue weighted by Crippen LogP contribution is 2.27. The highest BCUT2D eigenvalue weighted by molar-refractivity contribution is 5.81. The molecule has 2 aromatic heterocycles. The fourth-order valence-electron chi connectivity index (χ4n) is 4.60. The van der Waals surface area contributed by atoms with E-state index in [1.165, 1.54) is 16.7 Å². The van der Waals surface area contributed by atoms with E-state index in [0.29, 0.717) is 31.2 Å². The molecule has 3 heterocycles. The Kier molecular flexibility index (Phi) is 5.58. The number of hydrogen-bond acceptors (Lipinski definition) is 4. The summed E-state index contributed by atoms with van der Waals surface area (Å²) in [6, 6.07) is 13.9. The van der Waals surface area contributed by atoms with E-state index in [-0.39, 0.29) is 29.9 Å². The maximum atomic E-state index is 13.4. The Labute approximate surface area is 190 Å². The number of fused-ring (bicyclic) bond motifs is 1. The van der Waals surface area contributed by atoms with Crippen molar-refractivity contribution in [2.24, 2.45) is 7.05 Å². The first kappa shape index (κ1) is 21.2. The minimum atomic E-state index is -0.279. The number of aryl methyl sites for hydroxylation is 1. The number of oxazole rings is 1. The Morgan fingerprint density at radius 1 is 1.18 bits per heavy atom. The van der Waals surface area contributed by atoms with Crippen molar-refractivity contribution >= 4 is 16.9 Å². The largest absolute Gasteiger partial charge is 0.445 e. The van der Waals surface area contributed by atoms with Crippen molar-refractivity contribution < 1.29 is 13.6 Å². The second kappa shape index (κ2) is 8.69. The SMILES string of the molecule is Cn1c(=O)n(CC(=O)N2CCC[C@H](c3ncc(Cc4cccc(F)c4)o3)C2)c2ccccc21. The molecule has 4 aromatic rings. The van der Waals surface area contributed by atoms with E-state index < -0.39 is 0 Å². The Morgan fingerprint density at radius 3 is 2.82 bits per heavy atom. The molecule has 0 spiro atoms. The van der Waals surface area contributed by atoms with Gasteiger partial charge in [0, 0.05) is 26.6 Å². The molecule has 0 radical (unpaired) electrons. The van der Waals surface area contributed by atoms with Gasteiger partial charge in [-0.15, -0.1) is 0 Å². The molecule has 0 bridgehead atoms. The molecule has 0 saturated carbocycles. The predicted octanol–water partition coefficient (Wildman–Crippen LogP) is 3.46. The van der Waals surface area contributed by atoms with Crippen LogP contribution in [0.5, 0.6) is 0 Å². The van der Waals surface area contributed by atoms with E-state index >= 15 is 0 Å². The van der Waals surface area contributed by atoms with E-state index in [9.17, 15) is 14.0 Å². The fraction of sp³-hybridized carbons (Fsp3) is 0.320. The summed E-state index contributed by atoms with van der Waals surface area (Å²) in [5, 5.41) is 0. The number of hydrogen-bond donors (Lipinski definition) is 0. The lowest BCUT2D eigenvalue weighted by Crippen LogP contribution is -2.42. The Morgan fingerprint density at radius 2 is 2.00 bits per heavy atom. The van der Waals surface area contributed by atoms with E-state index in [4.69, 9.17) is 4.42 Å². The summed E-state index contributed by atoms with van der Waals surface area (Å²) in [6.07, 6.45) is 3.85. The molecule has 1 aliphatic rings. The molecule has 170 valence electrons. The highest BCUT2D eigenvalue weighted by atomic mass is 19.1. The number of rotatable bonds is 5. The number of carbonyl (C=O) groups excluding carboxylic acids is 1. The zero-order chi connectivity index (χ0) is 22.9. The van der Waals surface area contributed by atoms with Crippen LogP contribution >= 0.6 is 0 Å². The summed E-state index contributed by atoms with van der Waals surface area (Å²) in [5.74, 6) is 0.888. The first-order valence-corrected chi connectivity index (χ1v) is 11.1. The monoisotopic (exact) mass is 448 g/mol. The average Bonchev–Trinajstić information content (AvgIpc) is 3.38. The van der Waals surface area contributed by atoms with Gasteiger partial charge >= 0.3 is 5.69 Å². The number of likely N-dealkylation sites (tertiary alicyclic amines) is 1. The molecular weight excluding hydrogens is 423 g/mol. The van der Waals surface area contributed by atoms with Crippen LogP contribution in [0.15, 0.2) is 63.9 Å². The summed E-state index contributed by atoms with van der Waals surface area (Å²) in [4.78, 5) is 32.0. The summed E-state index contributed by atoms with van der Waals surface area (Å²) in [7, 11) is 1.71. The van der Waals surface area contributed by atoms with Gasteiger partial charge in [0.2, 0.25) is 5.91 Å². The van der Waals surface area contributed by atoms with Crippen molar-refractivity contribution in [3.05, 3.63) is 88.2 Å². The Hall–Kier alpha value is -3.68. The third-order valence-electron chi connectivity index (χ3n) is 6.31. The molecule has 1 aliphatic heterocycles. The molecule has 1 fully saturated rings. The zero-order valence-corrected chi connectivity index (χ0v) is 18.4. The lowest BCUT2D eigenvalue weighted by molar-refractivity contribution is -0.133. The number of imidazole rings is 1. The number of amides is 1. The lowest BCUT2D eigenvalue weighted by atomic mass is 9.98. The second-order valence-corrected chi connectivity index (χ2v) is 8.57. The van der Waals surface area contributed by atoms with Crippen LogP contribution in [0.3, 0.4) is 0 Å². The maximum Gasteiger partial charge on any atom is 0.329 e. The van der Waals surface area contributed by atoms with Gasteiger partial charge in [0.05, 0.1) is 23.1 Å². The number of para-hydroxylation sites is 2. The minimum absolute atomic E-state index is 0.00328. The molecule has 8 heteroatoms. The molecule has 0 N–H and O–H groups in total. The van der Waals surface area contributed by atoms with Gasteiger partial charge in [-0.2, -0.15) is 0 Å². The minimum Gasteiger partial charge on any atom is -0.445 e. The van der Waals surface area contributed by atoms with Crippen molar-refractivity contribution in [2.45, 2.75) is 31.7 Å². The molecular formula is C25H25FN4O3. The molecule has 0 unspecified atom stereocenters. The van der Waals surface area contributed by atoms with E-state index in [0.717, 1.165) is 29.4 Å². The number of nitrogens with zero attached hydrogens (tertiary/aromatic N) is 4. The summed E-state index contributed by atoms with van der Waals surface area (Å²) in [6.45, 7) is 1.15. The third kappa shape index (κ3) is 4.20. The van der Waals surface area contributed by atoms with Gasteiger partial charge in [0.1, 0.15) is 18.1 Å². The van der Waals surface area contributed by atoms with Crippen LogP contribution in [0.25, 0.3) is 11.0 Å². The molecule has 2 aromatic carbocycles. The average molecular weight is 448 g/mol. The van der Waals surface area contributed by atoms with Gasteiger partial charge in [0.25, 0.3) is 0 Å². The Bertz CT molecular complexity index is 1370. The normalized spacial score (nSPS) is 16.4. The van der Waals surface area contributed by atoms with Crippen LogP contribution in [0.1, 0.15) is 36.0 Å². The number of benzene rings is 2. The van der Waals surface area contributed by atoms with Gasteiger partial charge in [-0.05, 0) is 42.7 Å². The lowest BCUT2D eigenvalue weighted by Gasteiger charge is -2.31. The van der Waals surface area contributed by atoms with Gasteiger partial charge in [-0.25, -0.2) is 14.2 Å². The standard InChI is InChI=1S/C25H25FN4O3/c1-28-21-9-2-3-10-22(21)30(25(28)32)16-23(31)29-11-5-7-18(15-29)24-27-14-20(33-24)13-17-6-4-8-19(26)12-17/h2-4,6,8-10,12,14,18H,5,7,11,13,15-16H2,1H3/t18-/m0/s1. The van der Waals surface area contributed by atoms with Crippen LogP contribution in [-0.2, 0) is 24.8 Å². The molecule has 33 heavy (non-hydrogen) atoms. The van der Waals surface area contributed by atoms with Crippen molar-refractivity contribution in [1.82, 2.24) is 19.0 Å². The smallest absolute Gasteiger partial charge is 0.329 e. The topological polar surface area (TPSA) is 73.3 Å². The van der Waals surface area contributed by atoms with Crippen LogP contribution < -0.4 is 5.69 Å². The second-order valence-electron chi connectivity index (χ2n) is 8.57. The quantitative estimate of drug-likeness (QED) is 0.469. The van der Waals surface area contributed by atoms with E-state index in [1.54, 1.807) is 28.8 Å². The van der Waals surface area contributed by atoms with Gasteiger partial charge in [-0.3, -0.25) is 13.9 Å². The number of carbonyl (C=O) groups is 1. The van der Waals surface area contributed by atoms with Crippen molar-refractivity contribution in [3.8, 4) is 0 Å². The predicted molar refractivity (Wildman–Crippen MR) is 121 cm³/mol. The fourth-order valence-corrected chi connectivity index (χ4v) is 4.60. The molecule has 1 saturated heterocycles. The molecule has 7 nitrogen and oxygen atoms in total. The first-order valence-electron chi connectivity index (χ1n) is 11.1. The molecule has 5 rings (SSSR count). The maximum absolute atomic E-state index is 13.4. The molecule has 1 amide bonds. The summed E-state index contributed by atoms with van der Waals surface area (Å²) >= 11 is 0.